The maximum Gasteiger partial charge on any atom is 0.410 e. The topological polar surface area (TPSA) is 127 Å². The molecule has 0 radical (unpaired) electrons. The lowest BCUT2D eigenvalue weighted by molar-refractivity contribution is -0.193. The second-order valence-electron chi connectivity index (χ2n) is 9.97. The van der Waals surface area contributed by atoms with Crippen molar-refractivity contribution in [3.05, 3.63) is 0 Å². The number of amides is 2. The Kier molecular flexibility index (Phi) is 29.9. The summed E-state index contributed by atoms with van der Waals surface area (Å²) in [4.78, 5) is 59.8. The van der Waals surface area contributed by atoms with Crippen LogP contribution in [0.2, 0.25) is 0 Å². The molecule has 0 rings (SSSR count). The fraction of sp³-hybridized carbons (Fsp3) is 0.852. The predicted octanol–water partition coefficient (Wildman–Crippen LogP) is 6.33. The highest BCUT2D eigenvalue weighted by Gasteiger charge is 2.25. The van der Waals surface area contributed by atoms with E-state index in [1.165, 1.54) is 0 Å². The SMILES string of the molecule is C.CCC(C)N(CC)C(=O)OC(C)(C)C.CCCCN(C(=O)OC(C)(C)C)C(C)CC.O=C=O.O=C=O. The van der Waals surface area contributed by atoms with Gasteiger partial charge in [-0.25, -0.2) is 9.59 Å². The van der Waals surface area contributed by atoms with E-state index >= 15 is 0 Å². The molecular formula is C27H54N2O8. The van der Waals surface area contributed by atoms with E-state index in [9.17, 15) is 9.59 Å². The highest BCUT2D eigenvalue weighted by atomic mass is 16.6. The van der Waals surface area contributed by atoms with Gasteiger partial charge in [-0.15, -0.1) is 0 Å². The lowest BCUT2D eigenvalue weighted by Crippen LogP contribution is -2.42. The molecule has 0 heterocycles. The van der Waals surface area contributed by atoms with Crippen molar-refractivity contribution in [1.82, 2.24) is 9.80 Å². The standard InChI is InChI=1S/C13H27NO2.C11H23NO2.2CO2.CH4/c1-7-9-10-14(11(3)8-2)12(15)16-13(4,5)6;1-7-9(3)12(8-2)10(13)14-11(4,5)6;2*2-1-3;/h11H,7-10H2,1-6H3;9H,7-8H2,1-6H3;;;1H4. The summed E-state index contributed by atoms with van der Waals surface area (Å²) in [5, 5.41) is 0. The minimum atomic E-state index is -0.408. The number of carbonyl (C=O) groups excluding carboxylic acids is 6. The largest absolute Gasteiger partial charge is 0.444 e. The summed E-state index contributed by atoms with van der Waals surface area (Å²) in [5.41, 5.74) is -0.813. The predicted molar refractivity (Wildman–Crippen MR) is 143 cm³/mol. The van der Waals surface area contributed by atoms with Crippen molar-refractivity contribution < 1.29 is 38.2 Å². The molecule has 0 N–H and O–H groups in total. The summed E-state index contributed by atoms with van der Waals surface area (Å²) in [6.45, 7) is 25.2. The van der Waals surface area contributed by atoms with E-state index in [1.54, 1.807) is 4.90 Å². The molecule has 0 fully saturated rings. The van der Waals surface area contributed by atoms with Crippen LogP contribution in [-0.4, -0.2) is 70.7 Å². The van der Waals surface area contributed by atoms with Crippen molar-refractivity contribution in [2.75, 3.05) is 13.1 Å². The van der Waals surface area contributed by atoms with Crippen molar-refractivity contribution in [3.63, 3.8) is 0 Å². The Bertz CT molecular complexity index is 630. The van der Waals surface area contributed by atoms with Crippen molar-refractivity contribution in [2.45, 2.75) is 139 Å². The Labute approximate surface area is 225 Å². The Balaban J connectivity index is -0.000000149. The fourth-order valence-corrected chi connectivity index (χ4v) is 2.52. The van der Waals surface area contributed by atoms with Gasteiger partial charge < -0.3 is 19.3 Å². The van der Waals surface area contributed by atoms with Crippen LogP contribution in [0, 0.1) is 0 Å². The van der Waals surface area contributed by atoms with Gasteiger partial charge in [-0.05, 0) is 81.6 Å². The normalized spacial score (nSPS) is 11.4. The molecule has 0 saturated carbocycles. The van der Waals surface area contributed by atoms with Crippen molar-refractivity contribution >= 4 is 24.5 Å². The maximum atomic E-state index is 12.0. The zero-order chi connectivity index (χ0) is 29.5. The van der Waals surface area contributed by atoms with Crippen LogP contribution in [0.25, 0.3) is 0 Å². The third-order valence-electron chi connectivity index (χ3n) is 4.60. The van der Waals surface area contributed by atoms with Crippen LogP contribution in [0.5, 0.6) is 0 Å². The van der Waals surface area contributed by atoms with Gasteiger partial charge in [-0.1, -0.05) is 34.6 Å². The highest BCUT2D eigenvalue weighted by molar-refractivity contribution is 5.68. The molecule has 0 aliphatic carbocycles. The molecule has 0 aromatic rings. The monoisotopic (exact) mass is 534 g/mol. The van der Waals surface area contributed by atoms with E-state index in [0.29, 0.717) is 6.54 Å². The average Bonchev–Trinajstić information content (AvgIpc) is 2.73. The van der Waals surface area contributed by atoms with Gasteiger partial charge in [-0.2, -0.15) is 19.2 Å². The molecule has 2 unspecified atom stereocenters. The van der Waals surface area contributed by atoms with E-state index < -0.39 is 11.2 Å². The third-order valence-corrected chi connectivity index (χ3v) is 4.60. The molecule has 220 valence electrons. The van der Waals surface area contributed by atoms with Crippen LogP contribution in [0.4, 0.5) is 9.59 Å². The summed E-state index contributed by atoms with van der Waals surface area (Å²) >= 11 is 0. The number of hydrogen-bond acceptors (Lipinski definition) is 8. The number of carbonyl (C=O) groups is 2. The summed E-state index contributed by atoms with van der Waals surface area (Å²) in [6.07, 6.45) is 4.14. The Morgan fingerprint density at radius 3 is 1.24 bits per heavy atom. The first-order valence-corrected chi connectivity index (χ1v) is 12.4. The summed E-state index contributed by atoms with van der Waals surface area (Å²) in [5.74, 6) is 0. The van der Waals surface area contributed by atoms with Crippen LogP contribution in [0.1, 0.15) is 116 Å². The number of unbranched alkanes of at least 4 members (excludes halogenated alkanes) is 1. The average molecular weight is 535 g/mol. The minimum absolute atomic E-state index is 0. The zero-order valence-corrected chi connectivity index (χ0v) is 24.6. The second kappa shape index (κ2) is 25.0. The first-order chi connectivity index (χ1) is 16.5. The molecule has 0 aromatic heterocycles. The van der Waals surface area contributed by atoms with Crippen LogP contribution in [0.15, 0.2) is 0 Å². The molecule has 37 heavy (non-hydrogen) atoms. The number of hydrogen-bond donors (Lipinski definition) is 0. The quantitative estimate of drug-likeness (QED) is 0.353. The van der Waals surface area contributed by atoms with Gasteiger partial charge in [0.1, 0.15) is 11.2 Å². The van der Waals surface area contributed by atoms with E-state index in [0.717, 1.165) is 32.2 Å². The molecule has 0 aliphatic rings. The van der Waals surface area contributed by atoms with Gasteiger partial charge in [0, 0.05) is 25.2 Å². The molecule has 2 atom stereocenters. The van der Waals surface area contributed by atoms with Crippen molar-refractivity contribution in [2.24, 2.45) is 0 Å². The van der Waals surface area contributed by atoms with Gasteiger partial charge in [-0.3, -0.25) is 0 Å². The van der Waals surface area contributed by atoms with Crippen LogP contribution in [-0.2, 0) is 28.7 Å². The minimum Gasteiger partial charge on any atom is -0.444 e. The van der Waals surface area contributed by atoms with Crippen LogP contribution < -0.4 is 0 Å². The van der Waals surface area contributed by atoms with Crippen LogP contribution >= 0.6 is 0 Å². The van der Waals surface area contributed by atoms with Crippen molar-refractivity contribution in [3.8, 4) is 0 Å². The molecular weight excluding hydrogens is 480 g/mol. The Morgan fingerprint density at radius 2 is 1.00 bits per heavy atom. The summed E-state index contributed by atoms with van der Waals surface area (Å²) < 4.78 is 10.7. The van der Waals surface area contributed by atoms with Crippen molar-refractivity contribution in [1.29, 1.82) is 0 Å². The van der Waals surface area contributed by atoms with Crippen LogP contribution in [0.3, 0.4) is 0 Å². The van der Waals surface area contributed by atoms with Gasteiger partial charge >= 0.3 is 24.5 Å². The second-order valence-corrected chi connectivity index (χ2v) is 9.97. The van der Waals surface area contributed by atoms with Gasteiger partial charge in [0.05, 0.1) is 0 Å². The molecule has 0 bridgehead atoms. The van der Waals surface area contributed by atoms with E-state index in [4.69, 9.17) is 28.7 Å². The van der Waals surface area contributed by atoms with Gasteiger partial charge in [0.2, 0.25) is 0 Å². The first-order valence-electron chi connectivity index (χ1n) is 12.4. The molecule has 0 spiro atoms. The van der Waals surface area contributed by atoms with E-state index in [-0.39, 0.29) is 44.0 Å². The van der Waals surface area contributed by atoms with E-state index in [2.05, 4.69) is 27.7 Å². The Morgan fingerprint density at radius 1 is 0.703 bits per heavy atom. The highest BCUT2D eigenvalue weighted by Crippen LogP contribution is 2.14. The fourth-order valence-electron chi connectivity index (χ4n) is 2.52. The number of ether oxygens (including phenoxy) is 2. The third kappa shape index (κ3) is 29.4. The molecule has 2 amide bonds. The molecule has 0 aliphatic heterocycles. The van der Waals surface area contributed by atoms with E-state index in [1.807, 2.05) is 60.3 Å². The zero-order valence-electron chi connectivity index (χ0n) is 24.6. The number of nitrogens with zero attached hydrogens (tertiary/aromatic N) is 2. The maximum absolute atomic E-state index is 12.0. The lowest BCUT2D eigenvalue weighted by atomic mass is 10.2. The molecule has 0 aromatic carbocycles. The van der Waals surface area contributed by atoms with Gasteiger partial charge in [0.25, 0.3) is 0 Å². The molecule has 0 saturated heterocycles. The molecule has 10 nitrogen and oxygen atoms in total. The van der Waals surface area contributed by atoms with Gasteiger partial charge in [0.15, 0.2) is 0 Å². The lowest BCUT2D eigenvalue weighted by Gasteiger charge is -2.31. The number of rotatable bonds is 8. The Hall–Kier alpha value is -2.70. The summed E-state index contributed by atoms with van der Waals surface area (Å²) in [6, 6.07) is 0.497. The molecule has 10 heteroatoms. The first kappa shape index (κ1) is 44.3. The summed E-state index contributed by atoms with van der Waals surface area (Å²) in [7, 11) is 0. The smallest absolute Gasteiger partial charge is 0.410 e.